The molecule has 132 valence electrons. The van der Waals surface area contributed by atoms with E-state index in [4.69, 9.17) is 9.47 Å². The number of rotatable bonds is 3. The highest BCUT2D eigenvalue weighted by Crippen LogP contribution is 2.40. The number of ether oxygens (including phenoxy) is 2. The molecule has 1 aliphatic carbocycles. The summed E-state index contributed by atoms with van der Waals surface area (Å²) in [6.45, 7) is 0.611. The van der Waals surface area contributed by atoms with Crippen LogP contribution in [-0.4, -0.2) is 22.4 Å². The van der Waals surface area contributed by atoms with Crippen molar-refractivity contribution in [1.82, 2.24) is 4.57 Å². The van der Waals surface area contributed by atoms with Gasteiger partial charge in [-0.05, 0) is 49.4 Å². The molecule has 26 heavy (non-hydrogen) atoms. The number of carboxylic acid groups (broad SMARTS) is 1. The summed E-state index contributed by atoms with van der Waals surface area (Å²) in [6.07, 6.45) is 4.49. The molecule has 1 N–H and O–H groups in total. The summed E-state index contributed by atoms with van der Waals surface area (Å²) in [5.41, 5.74) is 4.85. The van der Waals surface area contributed by atoms with E-state index in [1.54, 1.807) is 12.1 Å². The smallest absolute Gasteiger partial charge is 0.336 e. The number of hydrogen-bond acceptors (Lipinski definition) is 3. The fourth-order valence-electron chi connectivity index (χ4n) is 4.31. The number of aromatic carboxylic acids is 1. The zero-order valence-electron chi connectivity index (χ0n) is 14.3. The highest BCUT2D eigenvalue weighted by atomic mass is 16.7. The number of benzene rings is 2. The van der Waals surface area contributed by atoms with Gasteiger partial charge in [-0.25, -0.2) is 4.79 Å². The quantitative estimate of drug-likeness (QED) is 0.776. The summed E-state index contributed by atoms with van der Waals surface area (Å²) < 4.78 is 13.4. The molecule has 5 rings (SSSR count). The Bertz CT molecular complexity index is 1030. The molecule has 0 radical (unpaired) electrons. The average Bonchev–Trinajstić information content (AvgIpc) is 3.26. The molecule has 1 aromatic heterocycles. The summed E-state index contributed by atoms with van der Waals surface area (Å²) in [7, 11) is 0. The lowest BCUT2D eigenvalue weighted by Gasteiger charge is -2.18. The number of carboxylic acids is 1. The van der Waals surface area contributed by atoms with E-state index in [9.17, 15) is 9.90 Å². The molecular weight excluding hydrogens is 330 g/mol. The molecule has 0 unspecified atom stereocenters. The molecule has 1 aliphatic heterocycles. The van der Waals surface area contributed by atoms with Crippen LogP contribution in [0.3, 0.4) is 0 Å². The van der Waals surface area contributed by atoms with Crippen molar-refractivity contribution in [3.05, 3.63) is 58.8 Å². The van der Waals surface area contributed by atoms with Crippen LogP contribution in [0, 0.1) is 0 Å². The van der Waals surface area contributed by atoms with Gasteiger partial charge in [0.25, 0.3) is 0 Å². The fourth-order valence-corrected chi connectivity index (χ4v) is 4.31. The number of carbonyl (C=O) groups is 1. The first-order chi connectivity index (χ1) is 12.7. The molecule has 0 bridgehead atoms. The molecule has 2 heterocycles. The van der Waals surface area contributed by atoms with E-state index in [2.05, 4.69) is 22.8 Å². The lowest BCUT2D eigenvalue weighted by molar-refractivity contribution is 0.0695. The SMILES string of the molecule is O=C(O)c1ccc2c(c1Cn1c3c(c4ccccc41)CCCC3)OCO2. The van der Waals surface area contributed by atoms with Crippen molar-refractivity contribution in [1.29, 1.82) is 0 Å². The van der Waals surface area contributed by atoms with Gasteiger partial charge in [0.15, 0.2) is 11.5 Å². The van der Waals surface area contributed by atoms with Crippen LogP contribution >= 0.6 is 0 Å². The number of aromatic nitrogens is 1. The lowest BCUT2D eigenvalue weighted by Crippen LogP contribution is -2.12. The standard InChI is InChI=1S/C21H19NO4/c23-21(24)15-9-10-19-20(26-12-25-19)16(15)11-22-17-7-3-1-5-13(17)14-6-2-4-8-18(14)22/h1,3,5,7,9-10H,2,4,6,8,11-12H2,(H,23,24). The first-order valence-corrected chi connectivity index (χ1v) is 8.98. The van der Waals surface area contributed by atoms with Crippen molar-refractivity contribution in [2.75, 3.05) is 6.79 Å². The predicted molar refractivity (Wildman–Crippen MR) is 97.2 cm³/mol. The van der Waals surface area contributed by atoms with Crippen LogP contribution in [0.25, 0.3) is 10.9 Å². The van der Waals surface area contributed by atoms with E-state index in [-0.39, 0.29) is 12.4 Å². The van der Waals surface area contributed by atoms with Crippen molar-refractivity contribution in [2.45, 2.75) is 32.2 Å². The maximum Gasteiger partial charge on any atom is 0.336 e. The van der Waals surface area contributed by atoms with Crippen molar-refractivity contribution >= 4 is 16.9 Å². The molecule has 0 saturated carbocycles. The van der Waals surface area contributed by atoms with Gasteiger partial charge in [-0.1, -0.05) is 18.2 Å². The van der Waals surface area contributed by atoms with Crippen molar-refractivity contribution in [3.63, 3.8) is 0 Å². The van der Waals surface area contributed by atoms with Gasteiger partial charge in [0.1, 0.15) is 0 Å². The maximum absolute atomic E-state index is 11.8. The predicted octanol–water partition coefficient (Wildman–Crippen LogP) is 4.00. The Kier molecular flexibility index (Phi) is 3.42. The number of nitrogens with zero attached hydrogens (tertiary/aromatic N) is 1. The largest absolute Gasteiger partial charge is 0.478 e. The average molecular weight is 349 g/mol. The first-order valence-electron chi connectivity index (χ1n) is 8.98. The minimum absolute atomic E-state index is 0.135. The second-order valence-corrected chi connectivity index (χ2v) is 6.87. The van der Waals surface area contributed by atoms with Gasteiger partial charge < -0.3 is 19.1 Å². The number of aryl methyl sites for hydroxylation is 1. The normalized spacial score (nSPS) is 15.2. The second-order valence-electron chi connectivity index (χ2n) is 6.87. The van der Waals surface area contributed by atoms with Crippen molar-refractivity contribution < 1.29 is 19.4 Å². The van der Waals surface area contributed by atoms with Crippen LogP contribution in [0.5, 0.6) is 11.5 Å². The minimum Gasteiger partial charge on any atom is -0.478 e. The molecule has 5 nitrogen and oxygen atoms in total. The fraction of sp³-hybridized carbons (Fsp3) is 0.286. The Morgan fingerprint density at radius 3 is 2.81 bits per heavy atom. The van der Waals surface area contributed by atoms with Crippen LogP contribution in [0.1, 0.15) is 40.0 Å². The topological polar surface area (TPSA) is 60.7 Å². The highest BCUT2D eigenvalue weighted by Gasteiger charge is 2.26. The van der Waals surface area contributed by atoms with Crippen molar-refractivity contribution in [3.8, 4) is 11.5 Å². The minimum atomic E-state index is -0.941. The maximum atomic E-state index is 11.8. The molecule has 0 spiro atoms. The summed E-state index contributed by atoms with van der Waals surface area (Å²) in [5.74, 6) is 0.242. The summed E-state index contributed by atoms with van der Waals surface area (Å²) >= 11 is 0. The van der Waals surface area contributed by atoms with E-state index in [0.29, 0.717) is 23.6 Å². The van der Waals surface area contributed by atoms with Gasteiger partial charge in [-0.2, -0.15) is 0 Å². The van der Waals surface area contributed by atoms with Crippen LogP contribution < -0.4 is 9.47 Å². The van der Waals surface area contributed by atoms with Gasteiger partial charge in [0.05, 0.1) is 12.1 Å². The molecule has 3 aromatic rings. The van der Waals surface area contributed by atoms with Crippen LogP contribution in [-0.2, 0) is 19.4 Å². The van der Waals surface area contributed by atoms with Gasteiger partial charge in [-0.15, -0.1) is 0 Å². The number of hydrogen-bond donors (Lipinski definition) is 1. The van der Waals surface area contributed by atoms with E-state index in [1.165, 1.54) is 29.5 Å². The van der Waals surface area contributed by atoms with Crippen LogP contribution in [0.4, 0.5) is 0 Å². The first kappa shape index (κ1) is 15.3. The zero-order valence-corrected chi connectivity index (χ0v) is 14.3. The van der Waals surface area contributed by atoms with E-state index in [0.717, 1.165) is 18.4 Å². The molecular formula is C21H19NO4. The number of fused-ring (bicyclic) bond motifs is 4. The third-order valence-electron chi connectivity index (χ3n) is 5.47. The van der Waals surface area contributed by atoms with Crippen LogP contribution in [0.15, 0.2) is 36.4 Å². The molecule has 2 aromatic carbocycles. The Labute approximate surface area is 150 Å². The Hall–Kier alpha value is -2.95. The Balaban J connectivity index is 1.72. The van der Waals surface area contributed by atoms with Crippen LogP contribution in [0.2, 0.25) is 0 Å². The van der Waals surface area contributed by atoms with E-state index >= 15 is 0 Å². The van der Waals surface area contributed by atoms with E-state index < -0.39 is 5.97 Å². The highest BCUT2D eigenvalue weighted by molar-refractivity contribution is 5.91. The van der Waals surface area contributed by atoms with Gasteiger partial charge in [0.2, 0.25) is 6.79 Å². The van der Waals surface area contributed by atoms with Gasteiger partial charge in [0, 0.05) is 22.2 Å². The summed E-state index contributed by atoms with van der Waals surface area (Å²) in [5, 5.41) is 11.0. The third-order valence-corrected chi connectivity index (χ3v) is 5.47. The Morgan fingerprint density at radius 2 is 1.92 bits per heavy atom. The zero-order chi connectivity index (χ0) is 17.7. The van der Waals surface area contributed by atoms with Gasteiger partial charge in [-0.3, -0.25) is 0 Å². The Morgan fingerprint density at radius 1 is 1.08 bits per heavy atom. The van der Waals surface area contributed by atoms with E-state index in [1.807, 2.05) is 6.07 Å². The second kappa shape index (κ2) is 5.80. The molecule has 2 aliphatic rings. The monoisotopic (exact) mass is 349 g/mol. The third kappa shape index (κ3) is 2.20. The summed E-state index contributed by atoms with van der Waals surface area (Å²) in [6, 6.07) is 11.7. The lowest BCUT2D eigenvalue weighted by atomic mass is 9.95. The van der Waals surface area contributed by atoms with Gasteiger partial charge >= 0.3 is 5.97 Å². The summed E-state index contributed by atoms with van der Waals surface area (Å²) in [4.78, 5) is 11.8. The molecule has 0 amide bonds. The molecule has 0 saturated heterocycles. The van der Waals surface area contributed by atoms with Crippen molar-refractivity contribution in [2.24, 2.45) is 0 Å². The molecule has 0 atom stereocenters. The molecule has 5 heteroatoms. The number of para-hydroxylation sites is 1. The molecule has 0 fully saturated rings.